The van der Waals surface area contributed by atoms with Crippen LogP contribution in [0.5, 0.6) is 0 Å². The van der Waals surface area contributed by atoms with E-state index in [0.29, 0.717) is 5.92 Å². The van der Waals surface area contributed by atoms with Crippen molar-refractivity contribution < 1.29 is 0 Å². The van der Waals surface area contributed by atoms with Gasteiger partial charge in [0.15, 0.2) is 0 Å². The van der Waals surface area contributed by atoms with Crippen LogP contribution in [0.4, 0.5) is 0 Å². The summed E-state index contributed by atoms with van der Waals surface area (Å²) in [5, 5.41) is 7.64. The smallest absolute Gasteiger partial charge is 0.0207 e. The fraction of sp³-hybridized carbons (Fsp3) is 0.667. The second-order valence-corrected chi connectivity index (χ2v) is 3.01. The van der Waals surface area contributed by atoms with Gasteiger partial charge >= 0.3 is 0 Å². The fourth-order valence-corrected chi connectivity index (χ4v) is 1.33. The summed E-state index contributed by atoms with van der Waals surface area (Å²) >= 11 is 0. The Morgan fingerprint density at radius 3 is 2.80 bits per heavy atom. The molecule has 10 heavy (non-hydrogen) atoms. The third-order valence-corrected chi connectivity index (χ3v) is 2.17. The summed E-state index contributed by atoms with van der Waals surface area (Å²) in [6, 6.07) is 0. The van der Waals surface area contributed by atoms with Gasteiger partial charge in [0.1, 0.15) is 0 Å². The van der Waals surface area contributed by atoms with E-state index >= 15 is 0 Å². The second-order valence-electron chi connectivity index (χ2n) is 3.01. The van der Waals surface area contributed by atoms with Gasteiger partial charge in [-0.1, -0.05) is 25.0 Å². The van der Waals surface area contributed by atoms with Crippen molar-refractivity contribution in [1.82, 2.24) is 0 Å². The zero-order valence-corrected chi connectivity index (χ0v) is 6.78. The van der Waals surface area contributed by atoms with E-state index in [9.17, 15) is 0 Å². The average Bonchev–Trinajstić information content (AvgIpc) is 1.85. The van der Waals surface area contributed by atoms with Gasteiger partial charge in [-0.2, -0.15) is 0 Å². The van der Waals surface area contributed by atoms with E-state index in [1.165, 1.54) is 5.57 Å². The first-order valence-corrected chi connectivity index (χ1v) is 3.99. The molecule has 0 bridgehead atoms. The van der Waals surface area contributed by atoms with Crippen LogP contribution in [-0.2, 0) is 0 Å². The molecule has 0 amide bonds. The molecule has 1 heteroatoms. The van der Waals surface area contributed by atoms with Gasteiger partial charge in [0.25, 0.3) is 0 Å². The van der Waals surface area contributed by atoms with Crippen LogP contribution in [0.15, 0.2) is 11.6 Å². The summed E-state index contributed by atoms with van der Waals surface area (Å²) in [5.41, 5.74) is 2.33. The molecule has 56 valence electrons. The van der Waals surface area contributed by atoms with Crippen LogP contribution in [0.25, 0.3) is 0 Å². The van der Waals surface area contributed by atoms with Crippen LogP contribution >= 0.6 is 0 Å². The standard InChI is InChI=1S/C9H15N/c1-3-4-9(10)8-6-5-7(8)2/h5,8,10H,3-4,6H2,1-2H3. The molecule has 0 aromatic heterocycles. The van der Waals surface area contributed by atoms with Gasteiger partial charge in [-0.05, 0) is 19.8 Å². The number of allylic oxidation sites excluding steroid dienone is 2. The molecule has 1 aliphatic rings. The molecule has 0 heterocycles. The lowest BCUT2D eigenvalue weighted by molar-refractivity contribution is 0.706. The third kappa shape index (κ3) is 1.28. The van der Waals surface area contributed by atoms with Gasteiger partial charge in [0.2, 0.25) is 0 Å². The Balaban J connectivity index is 2.37. The SMILES string of the molecule is CCCC(=N)C1CC=C1C. The summed E-state index contributed by atoms with van der Waals surface area (Å²) in [5.74, 6) is 0.514. The molecule has 0 spiro atoms. The van der Waals surface area contributed by atoms with Crippen molar-refractivity contribution >= 4 is 5.71 Å². The average molecular weight is 137 g/mol. The largest absolute Gasteiger partial charge is 0.309 e. The van der Waals surface area contributed by atoms with Crippen molar-refractivity contribution in [2.45, 2.75) is 33.1 Å². The first kappa shape index (κ1) is 7.52. The Hall–Kier alpha value is -0.590. The molecule has 0 aromatic rings. The van der Waals surface area contributed by atoms with E-state index in [2.05, 4.69) is 19.9 Å². The highest BCUT2D eigenvalue weighted by Crippen LogP contribution is 2.28. The predicted molar refractivity (Wildman–Crippen MR) is 44.5 cm³/mol. The molecular formula is C9H15N. The number of hydrogen-bond acceptors (Lipinski definition) is 1. The lowest BCUT2D eigenvalue weighted by Gasteiger charge is -2.24. The Labute approximate surface area is 62.6 Å². The summed E-state index contributed by atoms with van der Waals surface area (Å²) in [4.78, 5) is 0. The highest BCUT2D eigenvalue weighted by atomic mass is 14.5. The molecule has 1 nitrogen and oxygen atoms in total. The molecule has 1 N–H and O–H groups in total. The predicted octanol–water partition coefficient (Wildman–Crippen LogP) is 2.77. The number of hydrogen-bond donors (Lipinski definition) is 1. The molecule has 0 saturated heterocycles. The molecule has 0 aliphatic heterocycles. The van der Waals surface area contributed by atoms with E-state index in [0.717, 1.165) is 25.0 Å². The Bertz CT molecular complexity index is 168. The van der Waals surface area contributed by atoms with E-state index in [1.807, 2.05) is 0 Å². The molecule has 0 saturated carbocycles. The van der Waals surface area contributed by atoms with Gasteiger partial charge in [-0.25, -0.2) is 0 Å². The summed E-state index contributed by atoms with van der Waals surface area (Å²) in [6.07, 6.45) is 5.43. The van der Waals surface area contributed by atoms with Crippen molar-refractivity contribution in [2.75, 3.05) is 0 Å². The second kappa shape index (κ2) is 3.00. The van der Waals surface area contributed by atoms with E-state index in [1.54, 1.807) is 0 Å². The lowest BCUT2D eigenvalue weighted by Crippen LogP contribution is -2.20. The summed E-state index contributed by atoms with van der Waals surface area (Å²) in [6.45, 7) is 4.25. The minimum absolute atomic E-state index is 0.514. The molecule has 1 unspecified atom stereocenters. The van der Waals surface area contributed by atoms with E-state index in [-0.39, 0.29) is 0 Å². The Kier molecular flexibility index (Phi) is 2.25. The van der Waals surface area contributed by atoms with E-state index in [4.69, 9.17) is 5.41 Å². The van der Waals surface area contributed by atoms with Crippen LogP contribution in [0.3, 0.4) is 0 Å². The topological polar surface area (TPSA) is 23.9 Å². The fourth-order valence-electron chi connectivity index (χ4n) is 1.33. The Morgan fingerprint density at radius 1 is 1.80 bits per heavy atom. The van der Waals surface area contributed by atoms with Crippen LogP contribution in [0.2, 0.25) is 0 Å². The third-order valence-electron chi connectivity index (χ3n) is 2.17. The van der Waals surface area contributed by atoms with Gasteiger partial charge in [0.05, 0.1) is 0 Å². The van der Waals surface area contributed by atoms with Crippen molar-refractivity contribution in [2.24, 2.45) is 5.92 Å². The van der Waals surface area contributed by atoms with Crippen LogP contribution in [0.1, 0.15) is 33.1 Å². The van der Waals surface area contributed by atoms with Crippen molar-refractivity contribution in [3.8, 4) is 0 Å². The number of rotatable bonds is 3. The van der Waals surface area contributed by atoms with Crippen LogP contribution in [0, 0.1) is 11.3 Å². The van der Waals surface area contributed by atoms with Crippen molar-refractivity contribution in [1.29, 1.82) is 5.41 Å². The van der Waals surface area contributed by atoms with Crippen LogP contribution in [-0.4, -0.2) is 5.71 Å². The zero-order valence-electron chi connectivity index (χ0n) is 6.78. The molecule has 0 radical (unpaired) electrons. The molecule has 1 rings (SSSR count). The monoisotopic (exact) mass is 137 g/mol. The maximum atomic E-state index is 7.64. The van der Waals surface area contributed by atoms with Gasteiger partial charge < -0.3 is 5.41 Å². The minimum atomic E-state index is 0.514. The summed E-state index contributed by atoms with van der Waals surface area (Å²) < 4.78 is 0. The normalized spacial score (nSPS) is 23.4. The minimum Gasteiger partial charge on any atom is -0.309 e. The maximum Gasteiger partial charge on any atom is 0.0207 e. The quantitative estimate of drug-likeness (QED) is 0.457. The Morgan fingerprint density at radius 2 is 2.50 bits per heavy atom. The van der Waals surface area contributed by atoms with E-state index < -0.39 is 0 Å². The molecular weight excluding hydrogens is 122 g/mol. The zero-order chi connectivity index (χ0) is 7.56. The molecule has 1 aliphatic carbocycles. The maximum absolute atomic E-state index is 7.64. The molecule has 0 aromatic carbocycles. The highest BCUT2D eigenvalue weighted by Gasteiger charge is 2.20. The van der Waals surface area contributed by atoms with Crippen molar-refractivity contribution in [3.63, 3.8) is 0 Å². The summed E-state index contributed by atoms with van der Waals surface area (Å²) in [7, 11) is 0. The van der Waals surface area contributed by atoms with Gasteiger partial charge in [0, 0.05) is 11.6 Å². The molecule has 0 fully saturated rings. The first-order valence-electron chi connectivity index (χ1n) is 3.99. The lowest BCUT2D eigenvalue weighted by atomic mass is 9.81. The molecule has 1 atom stereocenters. The van der Waals surface area contributed by atoms with Crippen molar-refractivity contribution in [3.05, 3.63) is 11.6 Å². The van der Waals surface area contributed by atoms with Gasteiger partial charge in [-0.3, -0.25) is 0 Å². The first-order chi connectivity index (χ1) is 4.75. The van der Waals surface area contributed by atoms with Crippen LogP contribution < -0.4 is 0 Å². The number of nitrogens with one attached hydrogen (secondary N) is 1. The van der Waals surface area contributed by atoms with Gasteiger partial charge in [-0.15, -0.1) is 0 Å². The highest BCUT2D eigenvalue weighted by molar-refractivity contribution is 5.87.